The average molecular weight is 228 g/mol. The number of aliphatic hydroxyl groups excluding tert-OH is 1. The summed E-state index contributed by atoms with van der Waals surface area (Å²) in [5.41, 5.74) is 5.47. The second-order valence-corrected chi connectivity index (χ2v) is 3.58. The van der Waals surface area contributed by atoms with Crippen LogP contribution in [0.2, 0.25) is 0 Å². The highest BCUT2D eigenvalue weighted by Gasteiger charge is 2.13. The number of nitrogens with zero attached hydrogens (tertiary/aromatic N) is 3. The van der Waals surface area contributed by atoms with E-state index in [1.807, 2.05) is 16.8 Å². The van der Waals surface area contributed by atoms with Gasteiger partial charge in [0.2, 0.25) is 5.96 Å². The van der Waals surface area contributed by atoms with Crippen molar-refractivity contribution in [1.82, 2.24) is 9.80 Å². The van der Waals surface area contributed by atoms with Gasteiger partial charge in [-0.05, 0) is 19.4 Å². The van der Waals surface area contributed by atoms with Gasteiger partial charge in [-0.15, -0.1) is 0 Å². The van der Waals surface area contributed by atoms with E-state index in [0.717, 1.165) is 31.9 Å². The summed E-state index contributed by atoms with van der Waals surface area (Å²) in [4.78, 5) is 8.00. The molecule has 0 amide bonds. The van der Waals surface area contributed by atoms with Crippen molar-refractivity contribution in [3.05, 3.63) is 12.8 Å². The molecule has 94 valence electrons. The Hall–Kier alpha value is -1.07. The van der Waals surface area contributed by atoms with E-state index in [-0.39, 0.29) is 6.73 Å². The van der Waals surface area contributed by atoms with Gasteiger partial charge < -0.3 is 20.6 Å². The maximum absolute atomic E-state index is 9.29. The summed E-state index contributed by atoms with van der Waals surface area (Å²) in [6.45, 7) is 7.87. The molecule has 0 atom stereocenters. The van der Waals surface area contributed by atoms with Gasteiger partial charge in [-0.2, -0.15) is 0 Å². The van der Waals surface area contributed by atoms with Crippen LogP contribution >= 0.6 is 0 Å². The van der Waals surface area contributed by atoms with E-state index in [2.05, 4.69) is 18.5 Å². The van der Waals surface area contributed by atoms with E-state index in [9.17, 15) is 5.11 Å². The van der Waals surface area contributed by atoms with E-state index in [0.29, 0.717) is 6.54 Å². The molecule has 3 N–H and O–H groups in total. The first-order chi connectivity index (χ1) is 7.71. The number of hydrogen-bond donors (Lipinski definition) is 2. The van der Waals surface area contributed by atoms with Crippen molar-refractivity contribution in [1.29, 1.82) is 0 Å². The third-order valence-electron chi connectivity index (χ3n) is 2.19. The van der Waals surface area contributed by atoms with Crippen molar-refractivity contribution in [3.8, 4) is 0 Å². The average Bonchev–Trinajstić information content (AvgIpc) is 2.30. The van der Waals surface area contributed by atoms with Gasteiger partial charge in [-0.3, -0.25) is 0 Å². The summed E-state index contributed by atoms with van der Waals surface area (Å²) in [6, 6.07) is 0. The minimum Gasteiger partial charge on any atom is -0.376 e. The zero-order chi connectivity index (χ0) is 12.4. The second-order valence-electron chi connectivity index (χ2n) is 3.58. The summed E-state index contributed by atoms with van der Waals surface area (Å²) in [5.74, 6) is 0.743. The Morgan fingerprint density at radius 3 is 2.62 bits per heavy atom. The SMILES string of the molecule is C=CN=C(N(C)CCCN)N(CO)CCC. The Morgan fingerprint density at radius 1 is 1.50 bits per heavy atom. The van der Waals surface area contributed by atoms with Gasteiger partial charge in [0.05, 0.1) is 0 Å². The molecule has 0 aliphatic rings. The molecule has 0 bridgehead atoms. The molecule has 0 aromatic rings. The molecule has 0 saturated carbocycles. The lowest BCUT2D eigenvalue weighted by atomic mass is 10.4. The number of rotatable bonds is 7. The molecule has 0 aromatic carbocycles. The smallest absolute Gasteiger partial charge is 0.202 e. The van der Waals surface area contributed by atoms with Crippen molar-refractivity contribution in [2.24, 2.45) is 10.7 Å². The van der Waals surface area contributed by atoms with E-state index in [1.54, 1.807) is 0 Å². The number of nitrogens with two attached hydrogens (primary N) is 1. The number of aliphatic hydroxyl groups is 1. The second kappa shape index (κ2) is 9.18. The van der Waals surface area contributed by atoms with Gasteiger partial charge in [0.25, 0.3) is 0 Å². The molecule has 16 heavy (non-hydrogen) atoms. The standard InChI is InChI=1S/C11H24N4O/c1-4-8-15(10-16)11(13-5-2)14(3)9-6-7-12/h5,16H,2,4,6-10,12H2,1,3H3. The van der Waals surface area contributed by atoms with Crippen molar-refractivity contribution in [3.63, 3.8) is 0 Å². The van der Waals surface area contributed by atoms with E-state index in [4.69, 9.17) is 5.73 Å². The lowest BCUT2D eigenvalue weighted by Crippen LogP contribution is -2.44. The molecule has 0 aromatic heterocycles. The lowest BCUT2D eigenvalue weighted by molar-refractivity contribution is 0.156. The first-order valence-corrected chi connectivity index (χ1v) is 5.66. The molecule has 0 spiro atoms. The van der Waals surface area contributed by atoms with Crippen LogP contribution in [0.25, 0.3) is 0 Å². The fraction of sp³-hybridized carbons (Fsp3) is 0.727. The lowest BCUT2D eigenvalue weighted by Gasteiger charge is -2.30. The fourth-order valence-corrected chi connectivity index (χ4v) is 1.44. The zero-order valence-corrected chi connectivity index (χ0v) is 10.4. The minimum atomic E-state index is -0.0342. The van der Waals surface area contributed by atoms with Crippen LogP contribution in [0.3, 0.4) is 0 Å². The van der Waals surface area contributed by atoms with Gasteiger partial charge in [0.1, 0.15) is 6.73 Å². The minimum absolute atomic E-state index is 0.0342. The Balaban J connectivity index is 4.56. The Kier molecular flexibility index (Phi) is 8.56. The highest BCUT2D eigenvalue weighted by Crippen LogP contribution is 2.00. The molecule has 0 aliphatic carbocycles. The van der Waals surface area contributed by atoms with Crippen molar-refractivity contribution in [2.45, 2.75) is 19.8 Å². The molecule has 0 radical (unpaired) electrons. The van der Waals surface area contributed by atoms with Crippen LogP contribution in [0.4, 0.5) is 0 Å². The summed E-state index contributed by atoms with van der Waals surface area (Å²) >= 11 is 0. The number of hydrogen-bond acceptors (Lipinski definition) is 3. The Morgan fingerprint density at radius 2 is 2.19 bits per heavy atom. The zero-order valence-electron chi connectivity index (χ0n) is 10.4. The molecule has 0 heterocycles. The maximum atomic E-state index is 9.29. The molecule has 0 fully saturated rings. The topological polar surface area (TPSA) is 65.1 Å². The van der Waals surface area contributed by atoms with Crippen molar-refractivity contribution < 1.29 is 5.11 Å². The van der Waals surface area contributed by atoms with Crippen LogP contribution < -0.4 is 5.73 Å². The third kappa shape index (κ3) is 5.14. The molecule has 5 heteroatoms. The number of guanidine groups is 1. The molecule has 0 saturated heterocycles. The summed E-state index contributed by atoms with van der Waals surface area (Å²) < 4.78 is 0. The third-order valence-corrected chi connectivity index (χ3v) is 2.19. The molecule has 0 rings (SSSR count). The van der Waals surface area contributed by atoms with Crippen LogP contribution in [0.5, 0.6) is 0 Å². The van der Waals surface area contributed by atoms with Gasteiger partial charge in [-0.25, -0.2) is 4.99 Å². The van der Waals surface area contributed by atoms with E-state index < -0.39 is 0 Å². The fourth-order valence-electron chi connectivity index (χ4n) is 1.44. The number of aliphatic imine (C=N–C) groups is 1. The van der Waals surface area contributed by atoms with Gasteiger partial charge in [-0.1, -0.05) is 13.5 Å². The van der Waals surface area contributed by atoms with Crippen LogP contribution in [0.1, 0.15) is 19.8 Å². The molecular formula is C11H24N4O. The van der Waals surface area contributed by atoms with E-state index in [1.165, 1.54) is 6.20 Å². The first kappa shape index (κ1) is 14.9. The predicted molar refractivity (Wildman–Crippen MR) is 68.0 cm³/mol. The predicted octanol–water partition coefficient (Wildman–Crippen LogP) is 0.428. The summed E-state index contributed by atoms with van der Waals surface area (Å²) in [7, 11) is 1.94. The molecule has 0 unspecified atom stereocenters. The van der Waals surface area contributed by atoms with Gasteiger partial charge in [0.15, 0.2) is 0 Å². The van der Waals surface area contributed by atoms with Crippen LogP contribution in [0.15, 0.2) is 17.8 Å². The molecular weight excluding hydrogens is 204 g/mol. The highest BCUT2D eigenvalue weighted by atomic mass is 16.3. The quantitative estimate of drug-likeness (QED) is 0.377. The first-order valence-electron chi connectivity index (χ1n) is 5.66. The molecule has 0 aliphatic heterocycles. The maximum Gasteiger partial charge on any atom is 0.202 e. The Bertz CT molecular complexity index is 218. The van der Waals surface area contributed by atoms with Crippen LogP contribution in [-0.2, 0) is 0 Å². The Labute approximate surface area is 98.2 Å². The van der Waals surface area contributed by atoms with Crippen LogP contribution in [-0.4, -0.2) is 54.3 Å². The van der Waals surface area contributed by atoms with Gasteiger partial charge in [0, 0.05) is 26.3 Å². The summed E-state index contributed by atoms with van der Waals surface area (Å²) in [5, 5.41) is 9.29. The van der Waals surface area contributed by atoms with Crippen LogP contribution in [0, 0.1) is 0 Å². The highest BCUT2D eigenvalue weighted by molar-refractivity contribution is 5.80. The monoisotopic (exact) mass is 228 g/mol. The van der Waals surface area contributed by atoms with Crippen molar-refractivity contribution in [2.75, 3.05) is 33.4 Å². The van der Waals surface area contributed by atoms with Crippen molar-refractivity contribution >= 4 is 5.96 Å². The van der Waals surface area contributed by atoms with E-state index >= 15 is 0 Å². The van der Waals surface area contributed by atoms with Gasteiger partial charge >= 0.3 is 0 Å². The molecule has 5 nitrogen and oxygen atoms in total. The largest absolute Gasteiger partial charge is 0.376 e. The summed E-state index contributed by atoms with van der Waals surface area (Å²) in [6.07, 6.45) is 3.35. The normalized spacial score (nSPS) is 11.4.